The van der Waals surface area contributed by atoms with Crippen molar-refractivity contribution in [2.75, 3.05) is 0 Å². The lowest BCUT2D eigenvalue weighted by molar-refractivity contribution is 0.223. The van der Waals surface area contributed by atoms with Crippen molar-refractivity contribution in [2.45, 2.75) is 50.6 Å². The van der Waals surface area contributed by atoms with Crippen molar-refractivity contribution >= 4 is 11.9 Å². The minimum absolute atomic E-state index is 0.0344. The normalized spacial score (nSPS) is 29.5. The molecule has 16 heavy (non-hydrogen) atoms. The third-order valence-electron chi connectivity index (χ3n) is 3.67. The number of hydrogen-bond acceptors (Lipinski definition) is 2. The Morgan fingerprint density at radius 1 is 1.12 bits per heavy atom. The molecule has 5 heteroatoms. The van der Waals surface area contributed by atoms with E-state index in [0.29, 0.717) is 6.04 Å². The Kier molecular flexibility index (Phi) is 3.31. The molecule has 0 spiro atoms. The van der Waals surface area contributed by atoms with Crippen molar-refractivity contribution in [3.63, 3.8) is 0 Å². The van der Waals surface area contributed by atoms with Crippen LogP contribution in [0.3, 0.4) is 0 Å². The van der Waals surface area contributed by atoms with Gasteiger partial charge in [-0.25, -0.2) is 4.79 Å². The number of hydrogen-bond donors (Lipinski definition) is 4. The number of amides is 2. The molecule has 0 aliphatic heterocycles. The molecule has 0 bridgehead atoms. The summed E-state index contributed by atoms with van der Waals surface area (Å²) >= 11 is 0. The highest BCUT2D eigenvalue weighted by Gasteiger charge is 2.31. The standard InChI is InChI=1S/C11H20N4O/c12-10(13)8-5-2-6-9(8)15-11(16)14-7-3-1-4-7/h7-9H,1-6H2,(H3,12,13)(H2,14,15,16). The summed E-state index contributed by atoms with van der Waals surface area (Å²) < 4.78 is 0. The molecule has 0 aromatic rings. The van der Waals surface area contributed by atoms with Crippen molar-refractivity contribution in [3.05, 3.63) is 0 Å². The second-order valence-corrected chi connectivity index (χ2v) is 4.84. The highest BCUT2D eigenvalue weighted by atomic mass is 16.2. The van der Waals surface area contributed by atoms with Crippen LogP contribution < -0.4 is 16.4 Å². The van der Waals surface area contributed by atoms with Gasteiger partial charge in [0.25, 0.3) is 0 Å². The SMILES string of the molecule is N=C(N)C1CCCC1NC(=O)NC1CCC1. The Bertz CT molecular complexity index is 288. The van der Waals surface area contributed by atoms with Gasteiger partial charge in [-0.1, -0.05) is 6.42 Å². The predicted octanol–water partition coefficient (Wildman–Crippen LogP) is 0.943. The van der Waals surface area contributed by atoms with E-state index in [2.05, 4.69) is 10.6 Å². The average Bonchev–Trinajstić information content (AvgIpc) is 2.59. The molecular weight excluding hydrogens is 204 g/mol. The van der Waals surface area contributed by atoms with Crippen molar-refractivity contribution in [1.29, 1.82) is 5.41 Å². The van der Waals surface area contributed by atoms with E-state index in [1.54, 1.807) is 0 Å². The minimum Gasteiger partial charge on any atom is -0.387 e. The van der Waals surface area contributed by atoms with Gasteiger partial charge in [0.15, 0.2) is 0 Å². The second kappa shape index (κ2) is 4.72. The third-order valence-corrected chi connectivity index (χ3v) is 3.67. The van der Waals surface area contributed by atoms with Crippen LogP contribution in [0.15, 0.2) is 0 Å². The molecule has 5 N–H and O–H groups in total. The fraction of sp³-hybridized carbons (Fsp3) is 0.818. The van der Waals surface area contributed by atoms with Gasteiger partial charge in [0.2, 0.25) is 0 Å². The van der Waals surface area contributed by atoms with E-state index in [9.17, 15) is 4.79 Å². The Hall–Kier alpha value is -1.26. The summed E-state index contributed by atoms with van der Waals surface area (Å²) in [6.45, 7) is 0. The zero-order chi connectivity index (χ0) is 11.5. The first kappa shape index (κ1) is 11.2. The molecule has 2 rings (SSSR count). The highest BCUT2D eigenvalue weighted by molar-refractivity contribution is 5.82. The molecular formula is C11H20N4O. The van der Waals surface area contributed by atoms with E-state index in [1.165, 1.54) is 6.42 Å². The number of carbonyl (C=O) groups excluding carboxylic acids is 1. The molecule has 0 aromatic heterocycles. The van der Waals surface area contributed by atoms with Crippen molar-refractivity contribution in [3.8, 4) is 0 Å². The number of urea groups is 1. The van der Waals surface area contributed by atoms with Crippen LogP contribution in [-0.4, -0.2) is 24.0 Å². The minimum atomic E-state index is -0.0946. The van der Waals surface area contributed by atoms with E-state index in [-0.39, 0.29) is 23.8 Å². The molecule has 2 saturated carbocycles. The van der Waals surface area contributed by atoms with Crippen LogP contribution in [0.1, 0.15) is 38.5 Å². The first-order chi connectivity index (χ1) is 7.66. The van der Waals surface area contributed by atoms with Gasteiger partial charge in [-0.2, -0.15) is 0 Å². The quantitative estimate of drug-likeness (QED) is 0.424. The lowest BCUT2D eigenvalue weighted by atomic mass is 9.93. The molecule has 2 aliphatic rings. The van der Waals surface area contributed by atoms with Crippen LogP contribution in [0.2, 0.25) is 0 Å². The molecule has 2 unspecified atom stereocenters. The summed E-state index contributed by atoms with van der Waals surface area (Å²) in [6.07, 6.45) is 6.29. The number of nitrogens with one attached hydrogen (secondary N) is 3. The van der Waals surface area contributed by atoms with E-state index in [4.69, 9.17) is 11.1 Å². The third kappa shape index (κ3) is 2.46. The molecule has 2 aliphatic carbocycles. The van der Waals surface area contributed by atoms with Gasteiger partial charge < -0.3 is 16.4 Å². The van der Waals surface area contributed by atoms with E-state index >= 15 is 0 Å². The molecule has 2 fully saturated rings. The summed E-state index contributed by atoms with van der Waals surface area (Å²) in [7, 11) is 0. The Morgan fingerprint density at radius 2 is 1.81 bits per heavy atom. The largest absolute Gasteiger partial charge is 0.387 e. The van der Waals surface area contributed by atoms with Crippen LogP contribution in [0.25, 0.3) is 0 Å². The van der Waals surface area contributed by atoms with E-state index in [0.717, 1.165) is 32.1 Å². The number of carbonyl (C=O) groups is 1. The molecule has 0 radical (unpaired) electrons. The van der Waals surface area contributed by atoms with Gasteiger partial charge in [-0.3, -0.25) is 5.41 Å². The molecule has 0 saturated heterocycles. The van der Waals surface area contributed by atoms with E-state index in [1.807, 2.05) is 0 Å². The monoisotopic (exact) mass is 224 g/mol. The Morgan fingerprint density at radius 3 is 2.38 bits per heavy atom. The maximum atomic E-state index is 11.6. The first-order valence-corrected chi connectivity index (χ1v) is 6.08. The van der Waals surface area contributed by atoms with Gasteiger partial charge >= 0.3 is 6.03 Å². The lowest BCUT2D eigenvalue weighted by Gasteiger charge is -2.28. The van der Waals surface area contributed by atoms with Crippen molar-refractivity contribution in [2.24, 2.45) is 11.7 Å². The smallest absolute Gasteiger partial charge is 0.315 e. The number of rotatable bonds is 3. The Balaban J connectivity index is 1.78. The number of nitrogens with two attached hydrogens (primary N) is 1. The zero-order valence-corrected chi connectivity index (χ0v) is 9.46. The first-order valence-electron chi connectivity index (χ1n) is 6.08. The summed E-state index contributed by atoms with van der Waals surface area (Å²) in [5.74, 6) is 0.235. The average molecular weight is 224 g/mol. The molecule has 0 aromatic carbocycles. The van der Waals surface area contributed by atoms with Crippen LogP contribution in [-0.2, 0) is 0 Å². The highest BCUT2D eigenvalue weighted by Crippen LogP contribution is 2.25. The van der Waals surface area contributed by atoms with Crippen LogP contribution in [0.4, 0.5) is 4.79 Å². The summed E-state index contributed by atoms with van der Waals surface area (Å²) in [4.78, 5) is 11.6. The lowest BCUT2D eigenvalue weighted by Crippen LogP contribution is -2.50. The Labute approximate surface area is 95.7 Å². The topological polar surface area (TPSA) is 91.0 Å². The molecule has 90 valence electrons. The fourth-order valence-electron chi connectivity index (χ4n) is 2.45. The van der Waals surface area contributed by atoms with Crippen LogP contribution in [0, 0.1) is 11.3 Å². The maximum absolute atomic E-state index is 11.6. The van der Waals surface area contributed by atoms with Gasteiger partial charge in [-0.05, 0) is 32.1 Å². The molecule has 2 atom stereocenters. The zero-order valence-electron chi connectivity index (χ0n) is 9.46. The van der Waals surface area contributed by atoms with Gasteiger partial charge in [0.05, 0.1) is 5.84 Å². The fourth-order valence-corrected chi connectivity index (χ4v) is 2.45. The van der Waals surface area contributed by atoms with Crippen molar-refractivity contribution < 1.29 is 4.79 Å². The van der Waals surface area contributed by atoms with Gasteiger partial charge in [0.1, 0.15) is 0 Å². The summed E-state index contributed by atoms with van der Waals surface area (Å²) in [5.41, 5.74) is 5.51. The summed E-state index contributed by atoms with van der Waals surface area (Å²) in [5, 5.41) is 13.3. The molecule has 5 nitrogen and oxygen atoms in total. The number of amidine groups is 1. The van der Waals surface area contributed by atoms with Crippen LogP contribution >= 0.6 is 0 Å². The summed E-state index contributed by atoms with van der Waals surface area (Å²) in [6, 6.07) is 0.317. The predicted molar refractivity (Wildman–Crippen MR) is 62.3 cm³/mol. The second-order valence-electron chi connectivity index (χ2n) is 4.84. The molecule has 2 amide bonds. The van der Waals surface area contributed by atoms with Gasteiger partial charge in [0, 0.05) is 18.0 Å². The van der Waals surface area contributed by atoms with Crippen LogP contribution in [0.5, 0.6) is 0 Å². The maximum Gasteiger partial charge on any atom is 0.315 e. The molecule has 0 heterocycles. The van der Waals surface area contributed by atoms with Gasteiger partial charge in [-0.15, -0.1) is 0 Å². The van der Waals surface area contributed by atoms with Crippen molar-refractivity contribution in [1.82, 2.24) is 10.6 Å². The van der Waals surface area contributed by atoms with E-state index < -0.39 is 0 Å².